The van der Waals surface area contributed by atoms with Gasteiger partial charge in [0.2, 0.25) is 0 Å². The molecule has 5 heterocycles. The number of anilines is 3. The van der Waals surface area contributed by atoms with Crippen LogP contribution in [0.5, 0.6) is 0 Å². The molecule has 5 nitrogen and oxygen atoms in total. The molecule has 0 unspecified atom stereocenters. The Hall–Kier alpha value is -7.70. The summed E-state index contributed by atoms with van der Waals surface area (Å²) in [4.78, 5) is 2.33. The third-order valence-corrected chi connectivity index (χ3v) is 16.7. The van der Waals surface area contributed by atoms with Crippen molar-refractivity contribution in [3.63, 3.8) is 0 Å². The van der Waals surface area contributed by atoms with E-state index in [-0.39, 0.29) is 16.2 Å². The van der Waals surface area contributed by atoms with E-state index in [1.165, 1.54) is 66.1 Å². The fourth-order valence-corrected chi connectivity index (χ4v) is 12.5. The fraction of sp³-hybridized carbons (Fsp3) is 0.200. The minimum atomic E-state index is 0.0448. The lowest BCUT2D eigenvalue weighted by molar-refractivity contribution is 0.332. The Kier molecular flexibility index (Phi) is 8.59. The first-order chi connectivity index (χ1) is 34.1. The number of hydrogen-bond acceptors (Lipinski definition) is 4. The summed E-state index contributed by atoms with van der Waals surface area (Å²) in [7, 11) is 2.93. The quantitative estimate of drug-likeness (QED) is 0.179. The summed E-state index contributed by atoms with van der Waals surface area (Å²) in [5.74, 6) is 0. The van der Waals surface area contributed by atoms with Crippen LogP contribution in [0, 0.1) is 0 Å². The number of para-hydroxylation sites is 1. The second-order valence-corrected chi connectivity index (χ2v) is 23.1. The maximum atomic E-state index is 6.95. The van der Waals surface area contributed by atoms with Crippen molar-refractivity contribution in [1.82, 2.24) is 4.57 Å². The van der Waals surface area contributed by atoms with Gasteiger partial charge in [-0.2, -0.15) is 0 Å². The summed E-state index contributed by atoms with van der Waals surface area (Å²) in [6, 6.07) is 51.7. The molecule has 1 aliphatic carbocycles. The van der Waals surface area contributed by atoms with E-state index in [1.807, 2.05) is 0 Å². The van der Waals surface area contributed by atoms with E-state index in [9.17, 15) is 0 Å². The predicted octanol–water partition coefficient (Wildman–Crippen LogP) is 15.8. The largest absolute Gasteiger partial charge is 0.456 e. The van der Waals surface area contributed by atoms with Crippen LogP contribution in [-0.2, 0) is 16.2 Å². The summed E-state index contributed by atoms with van der Waals surface area (Å²) in [5, 5.41) is 11.0. The minimum Gasteiger partial charge on any atom is -0.456 e. The van der Waals surface area contributed by atoms with Crippen molar-refractivity contribution < 1.29 is 8.83 Å². The summed E-state index contributed by atoms with van der Waals surface area (Å²) in [5.41, 5.74) is 24.0. The van der Waals surface area contributed by atoms with Crippen LogP contribution in [0.25, 0.3) is 93.8 Å². The van der Waals surface area contributed by atoms with Gasteiger partial charge in [-0.1, -0.05) is 139 Å². The molecule has 0 atom stereocenters. The van der Waals surface area contributed by atoms with Crippen LogP contribution >= 0.6 is 0 Å². The van der Waals surface area contributed by atoms with Gasteiger partial charge in [-0.05, 0) is 123 Å². The highest BCUT2D eigenvalue weighted by atomic mass is 16.3. The van der Waals surface area contributed by atoms with Gasteiger partial charge in [0, 0.05) is 85.2 Å². The van der Waals surface area contributed by atoms with Crippen LogP contribution in [0.1, 0.15) is 89.1 Å². The van der Waals surface area contributed by atoms with E-state index < -0.39 is 0 Å². The number of hydrogen-bond donors (Lipinski definition) is 1. The molecular formula is C65H56BN3O2. The van der Waals surface area contributed by atoms with Gasteiger partial charge in [-0.25, -0.2) is 0 Å². The molecule has 14 rings (SSSR count). The molecule has 3 aromatic heterocycles. The van der Waals surface area contributed by atoms with Gasteiger partial charge in [-0.3, -0.25) is 0 Å². The molecular weight excluding hydrogens is 866 g/mol. The summed E-state index contributed by atoms with van der Waals surface area (Å²) < 4.78 is 16.1. The zero-order chi connectivity index (χ0) is 48.5. The van der Waals surface area contributed by atoms with E-state index in [2.05, 4.69) is 222 Å². The molecule has 11 aromatic rings. The van der Waals surface area contributed by atoms with Gasteiger partial charge in [0.1, 0.15) is 22.3 Å². The zero-order valence-corrected chi connectivity index (χ0v) is 41.9. The van der Waals surface area contributed by atoms with Crippen molar-refractivity contribution in [3.8, 4) is 16.8 Å². The molecule has 8 aromatic carbocycles. The number of furan rings is 2. The third-order valence-electron chi connectivity index (χ3n) is 16.7. The Labute approximate surface area is 415 Å². The lowest BCUT2D eigenvalue weighted by Crippen LogP contribution is -2.38. The third kappa shape index (κ3) is 6.19. The van der Waals surface area contributed by atoms with Gasteiger partial charge < -0.3 is 23.6 Å². The SMILES string of the molecule is C=C1C=C(c2ccccc2)N(C)c2cc3c(cc21)Bc1c(-c2cc4c(cc2Nc2ccc(C(C)(C)C)cc2)oc2cc5c(cc24)C(C)(C)CCC5(C)C)ccc2c4cc5c(cc4n-3c12)oc1ccccc15. The lowest BCUT2D eigenvalue weighted by atomic mass is 9.58. The smallest absolute Gasteiger partial charge is 0.198 e. The number of nitrogens with zero attached hydrogens (tertiary/aromatic N) is 2. The number of benzene rings is 8. The van der Waals surface area contributed by atoms with Crippen molar-refractivity contribution >= 4 is 112 Å². The maximum Gasteiger partial charge on any atom is 0.198 e. The van der Waals surface area contributed by atoms with Gasteiger partial charge >= 0.3 is 0 Å². The fourth-order valence-electron chi connectivity index (χ4n) is 12.5. The van der Waals surface area contributed by atoms with Gasteiger partial charge in [-0.15, -0.1) is 0 Å². The molecule has 346 valence electrons. The molecule has 2 aliphatic heterocycles. The normalized spacial score (nSPS) is 15.9. The molecule has 0 bridgehead atoms. The van der Waals surface area contributed by atoms with Crippen LogP contribution in [-0.4, -0.2) is 18.9 Å². The first-order valence-corrected chi connectivity index (χ1v) is 25.3. The first kappa shape index (κ1) is 42.2. The van der Waals surface area contributed by atoms with Gasteiger partial charge in [0.05, 0.1) is 16.9 Å². The average molecular weight is 922 g/mol. The van der Waals surface area contributed by atoms with Gasteiger partial charge in [0.15, 0.2) is 7.28 Å². The first-order valence-electron chi connectivity index (χ1n) is 25.3. The van der Waals surface area contributed by atoms with Crippen molar-refractivity contribution in [2.24, 2.45) is 0 Å². The topological polar surface area (TPSA) is 46.5 Å². The summed E-state index contributed by atoms with van der Waals surface area (Å²) in [6.45, 7) is 21.1. The zero-order valence-electron chi connectivity index (χ0n) is 41.9. The minimum absolute atomic E-state index is 0.0448. The average Bonchev–Trinajstić information content (AvgIpc) is 4.01. The van der Waals surface area contributed by atoms with Crippen molar-refractivity contribution in [1.29, 1.82) is 0 Å². The summed E-state index contributed by atoms with van der Waals surface area (Å²) in [6.07, 6.45) is 4.54. The second kappa shape index (κ2) is 14.4. The van der Waals surface area contributed by atoms with Crippen LogP contribution in [0.4, 0.5) is 17.1 Å². The highest BCUT2D eigenvalue weighted by Gasteiger charge is 2.38. The molecule has 0 fully saturated rings. The van der Waals surface area contributed by atoms with E-state index in [1.54, 1.807) is 0 Å². The standard InChI is InChI=1S/C65H56BN3O2/c1-36-27-53(37-15-11-10-12-16-37)68(9)54-34-56-51(31-43(36)54)66-61-41(23-24-42-45-29-46-40-17-13-14-18-57(40)70-60(46)35-55(45)69(56)62(42)61)44-28-47-48-30-49-50(65(7,8)26-25-64(49,5)6)32-58(48)71-59(47)33-52(44)67-39-21-19-38(20-22-39)63(2,3)4/h10-24,27-35,66-67H,1,25-26H2,2-9H3. The van der Waals surface area contributed by atoms with Gasteiger partial charge in [0.25, 0.3) is 0 Å². The molecule has 3 aliphatic rings. The van der Waals surface area contributed by atoms with Crippen LogP contribution in [0.15, 0.2) is 161 Å². The maximum absolute atomic E-state index is 6.95. The number of aromatic nitrogens is 1. The molecule has 0 saturated carbocycles. The Bertz CT molecular complexity index is 4170. The highest BCUT2D eigenvalue weighted by Crippen LogP contribution is 2.50. The molecule has 0 saturated heterocycles. The van der Waals surface area contributed by atoms with Crippen LogP contribution in [0.3, 0.4) is 0 Å². The number of allylic oxidation sites excluding steroid dienone is 2. The molecule has 0 spiro atoms. The van der Waals surface area contributed by atoms with E-state index in [0.29, 0.717) is 0 Å². The van der Waals surface area contributed by atoms with E-state index >= 15 is 0 Å². The Morgan fingerprint density at radius 1 is 0.592 bits per heavy atom. The number of rotatable bonds is 4. The Morgan fingerprint density at radius 3 is 2.04 bits per heavy atom. The number of fused-ring (bicyclic) bond motifs is 13. The summed E-state index contributed by atoms with van der Waals surface area (Å²) >= 11 is 0. The predicted molar refractivity (Wildman–Crippen MR) is 303 cm³/mol. The van der Waals surface area contributed by atoms with Crippen LogP contribution < -0.4 is 21.1 Å². The Balaban J connectivity index is 1.04. The van der Waals surface area contributed by atoms with Crippen molar-refractivity contribution in [3.05, 3.63) is 180 Å². The van der Waals surface area contributed by atoms with E-state index in [4.69, 9.17) is 8.83 Å². The molecule has 1 N–H and O–H groups in total. The Morgan fingerprint density at radius 2 is 1.27 bits per heavy atom. The molecule has 0 radical (unpaired) electrons. The second-order valence-electron chi connectivity index (χ2n) is 23.1. The van der Waals surface area contributed by atoms with Crippen molar-refractivity contribution in [2.75, 3.05) is 17.3 Å². The highest BCUT2D eigenvalue weighted by molar-refractivity contribution is 6.73. The monoisotopic (exact) mass is 921 g/mol. The number of nitrogens with one attached hydrogen (secondary N) is 1. The lowest BCUT2D eigenvalue weighted by Gasteiger charge is -2.41. The molecule has 0 amide bonds. The molecule has 6 heteroatoms. The molecule has 71 heavy (non-hydrogen) atoms. The van der Waals surface area contributed by atoms with E-state index in [0.717, 1.165) is 104 Å². The van der Waals surface area contributed by atoms with Crippen LogP contribution in [0.2, 0.25) is 0 Å². The van der Waals surface area contributed by atoms with Crippen molar-refractivity contribution in [2.45, 2.75) is 77.6 Å².